The second-order valence-electron chi connectivity index (χ2n) is 9.42. The lowest BCUT2D eigenvalue weighted by atomic mass is 10.0. The summed E-state index contributed by atoms with van der Waals surface area (Å²) in [7, 11) is -3.55. The third-order valence-corrected chi connectivity index (χ3v) is 7.40. The summed E-state index contributed by atoms with van der Waals surface area (Å²) in [4.78, 5) is 17.8. The van der Waals surface area contributed by atoms with Crippen molar-refractivity contribution in [2.75, 3.05) is 29.0 Å². The summed E-state index contributed by atoms with van der Waals surface area (Å²) in [5, 5.41) is 6.34. The smallest absolute Gasteiger partial charge is 0.251 e. The minimum Gasteiger partial charge on any atom is -0.370 e. The van der Waals surface area contributed by atoms with Crippen molar-refractivity contribution in [1.82, 2.24) is 10.3 Å². The van der Waals surface area contributed by atoms with E-state index in [2.05, 4.69) is 22.5 Å². The fourth-order valence-electron chi connectivity index (χ4n) is 3.93. The van der Waals surface area contributed by atoms with Crippen LogP contribution in [0.5, 0.6) is 0 Å². The fourth-order valence-corrected chi connectivity index (χ4v) is 4.87. The molecule has 2 aromatic rings. The molecule has 8 nitrogen and oxygen atoms in total. The number of carbonyl (C=O) groups excluding carboxylic acids is 1. The molecule has 1 aromatic heterocycles. The predicted molar refractivity (Wildman–Crippen MR) is 138 cm³/mol. The maximum Gasteiger partial charge on any atom is 0.251 e. The van der Waals surface area contributed by atoms with Crippen molar-refractivity contribution >= 4 is 27.6 Å². The molecule has 9 heteroatoms. The van der Waals surface area contributed by atoms with Crippen molar-refractivity contribution in [2.45, 2.75) is 52.1 Å². The summed E-state index contributed by atoms with van der Waals surface area (Å²) in [6.45, 7) is 6.98. The normalized spacial score (nSPS) is 19.2. The highest BCUT2D eigenvalue weighted by Crippen LogP contribution is 2.37. The Hall–Kier alpha value is -2.65. The second kappa shape index (κ2) is 11.2. The van der Waals surface area contributed by atoms with E-state index < -0.39 is 10.0 Å². The number of anilines is 2. The minimum atomic E-state index is -3.55. The van der Waals surface area contributed by atoms with Crippen LogP contribution in [0.2, 0.25) is 0 Å². The molecule has 0 bridgehead atoms. The average molecular weight is 488 g/mol. The number of pyridine rings is 1. The van der Waals surface area contributed by atoms with Gasteiger partial charge in [0, 0.05) is 30.7 Å². The number of amides is 1. The SMILES string of the molecule is CCCN(c1cc(C(=O)N[C@@H](Cc2ccccc2)[C@H](C)N)cc(NCC2CC2C)n1)S(C)(=O)=O. The molecule has 4 N–H and O–H groups in total. The summed E-state index contributed by atoms with van der Waals surface area (Å²) >= 11 is 0. The second-order valence-corrected chi connectivity index (χ2v) is 11.3. The van der Waals surface area contributed by atoms with Crippen LogP contribution in [0, 0.1) is 11.8 Å². The standard InChI is InChI=1S/C25H37N5O3S/c1-5-11-30(34(4,32)33)24-15-20(14-23(29-24)27-16-21-12-17(21)2)25(31)28-22(18(3)26)13-19-9-7-6-8-10-19/h6-10,14-15,17-18,21-22H,5,11-13,16,26H2,1-4H3,(H,27,29)(H,28,31)/t17?,18-,21?,22-/m0/s1. The Labute approximate surface area is 203 Å². The zero-order valence-electron chi connectivity index (χ0n) is 20.5. The van der Waals surface area contributed by atoms with E-state index in [9.17, 15) is 13.2 Å². The van der Waals surface area contributed by atoms with Crippen molar-refractivity contribution in [2.24, 2.45) is 17.6 Å². The van der Waals surface area contributed by atoms with Crippen LogP contribution in [0.4, 0.5) is 11.6 Å². The number of hydrogen-bond donors (Lipinski definition) is 3. The van der Waals surface area contributed by atoms with Crippen LogP contribution in [-0.4, -0.2) is 50.7 Å². The lowest BCUT2D eigenvalue weighted by Crippen LogP contribution is -2.47. The Kier molecular flexibility index (Phi) is 8.54. The molecule has 1 fully saturated rings. The highest BCUT2D eigenvalue weighted by Gasteiger charge is 2.32. The number of aromatic nitrogens is 1. The zero-order valence-corrected chi connectivity index (χ0v) is 21.3. The molecule has 34 heavy (non-hydrogen) atoms. The van der Waals surface area contributed by atoms with Gasteiger partial charge in [-0.1, -0.05) is 44.2 Å². The van der Waals surface area contributed by atoms with E-state index in [0.717, 1.165) is 24.8 Å². The zero-order chi connectivity index (χ0) is 24.9. The van der Waals surface area contributed by atoms with Crippen LogP contribution in [0.25, 0.3) is 0 Å². The molecule has 1 aromatic carbocycles. The molecule has 1 amide bonds. The Balaban J connectivity index is 1.88. The van der Waals surface area contributed by atoms with Gasteiger partial charge in [-0.3, -0.25) is 9.10 Å². The van der Waals surface area contributed by atoms with E-state index in [4.69, 9.17) is 5.73 Å². The van der Waals surface area contributed by atoms with Crippen LogP contribution in [0.3, 0.4) is 0 Å². The first kappa shape index (κ1) is 26.0. The lowest BCUT2D eigenvalue weighted by molar-refractivity contribution is 0.0932. The van der Waals surface area contributed by atoms with Crippen molar-refractivity contribution < 1.29 is 13.2 Å². The molecule has 0 radical (unpaired) electrons. The van der Waals surface area contributed by atoms with Crippen LogP contribution in [0.15, 0.2) is 42.5 Å². The Bertz CT molecular complexity index is 1080. The summed E-state index contributed by atoms with van der Waals surface area (Å²) in [5.74, 6) is 1.65. The monoisotopic (exact) mass is 487 g/mol. The summed E-state index contributed by atoms with van der Waals surface area (Å²) in [6, 6.07) is 12.5. The van der Waals surface area contributed by atoms with Gasteiger partial charge in [0.05, 0.1) is 6.26 Å². The van der Waals surface area contributed by atoms with Gasteiger partial charge in [-0.2, -0.15) is 0 Å². The van der Waals surface area contributed by atoms with Gasteiger partial charge in [-0.05, 0) is 55.7 Å². The highest BCUT2D eigenvalue weighted by atomic mass is 32.2. The number of sulfonamides is 1. The van der Waals surface area contributed by atoms with E-state index in [0.29, 0.717) is 36.1 Å². The summed E-state index contributed by atoms with van der Waals surface area (Å²) in [6.07, 6.45) is 3.53. The fraction of sp³-hybridized carbons (Fsp3) is 0.520. The summed E-state index contributed by atoms with van der Waals surface area (Å²) in [5.41, 5.74) is 7.61. The quantitative estimate of drug-likeness (QED) is 0.424. The molecule has 0 aliphatic heterocycles. The van der Waals surface area contributed by atoms with Crippen molar-refractivity contribution in [3.05, 3.63) is 53.6 Å². The number of carbonyl (C=O) groups is 1. The highest BCUT2D eigenvalue weighted by molar-refractivity contribution is 7.92. The van der Waals surface area contributed by atoms with Gasteiger partial charge in [0.15, 0.2) is 0 Å². The molecule has 1 saturated carbocycles. The molecule has 3 rings (SSSR count). The van der Waals surface area contributed by atoms with E-state index in [1.54, 1.807) is 6.07 Å². The molecule has 186 valence electrons. The third-order valence-electron chi connectivity index (χ3n) is 6.23. The molecule has 4 atom stereocenters. The molecular weight excluding hydrogens is 450 g/mol. The van der Waals surface area contributed by atoms with Crippen LogP contribution in [-0.2, 0) is 16.4 Å². The number of rotatable bonds is 12. The first-order valence-electron chi connectivity index (χ1n) is 11.9. The topological polar surface area (TPSA) is 117 Å². The van der Waals surface area contributed by atoms with Gasteiger partial charge in [0.1, 0.15) is 11.6 Å². The Morgan fingerprint density at radius 2 is 1.94 bits per heavy atom. The van der Waals surface area contributed by atoms with Crippen molar-refractivity contribution in [1.29, 1.82) is 0 Å². The van der Waals surface area contributed by atoms with Gasteiger partial charge in [0.25, 0.3) is 5.91 Å². The maximum absolute atomic E-state index is 13.3. The maximum atomic E-state index is 13.3. The molecule has 2 unspecified atom stereocenters. The lowest BCUT2D eigenvalue weighted by Gasteiger charge is -2.24. The van der Waals surface area contributed by atoms with Gasteiger partial charge in [0.2, 0.25) is 10.0 Å². The summed E-state index contributed by atoms with van der Waals surface area (Å²) < 4.78 is 26.2. The van der Waals surface area contributed by atoms with Gasteiger partial charge in [-0.15, -0.1) is 0 Å². The van der Waals surface area contributed by atoms with E-state index in [-0.39, 0.29) is 30.4 Å². The van der Waals surface area contributed by atoms with Crippen molar-refractivity contribution in [3.8, 4) is 0 Å². The molecule has 1 aliphatic carbocycles. The van der Waals surface area contributed by atoms with E-state index >= 15 is 0 Å². The van der Waals surface area contributed by atoms with Gasteiger partial charge < -0.3 is 16.4 Å². The molecule has 1 aliphatic rings. The van der Waals surface area contributed by atoms with Crippen LogP contribution >= 0.6 is 0 Å². The minimum absolute atomic E-state index is 0.240. The number of hydrogen-bond acceptors (Lipinski definition) is 6. The Morgan fingerprint density at radius 3 is 2.50 bits per heavy atom. The number of nitrogens with one attached hydrogen (secondary N) is 2. The van der Waals surface area contributed by atoms with E-state index in [1.165, 1.54) is 10.4 Å². The first-order valence-corrected chi connectivity index (χ1v) is 13.8. The van der Waals surface area contributed by atoms with Crippen molar-refractivity contribution in [3.63, 3.8) is 0 Å². The molecule has 1 heterocycles. The first-order chi connectivity index (χ1) is 16.1. The van der Waals surface area contributed by atoms with Gasteiger partial charge in [-0.25, -0.2) is 13.4 Å². The Morgan fingerprint density at radius 1 is 1.26 bits per heavy atom. The number of benzene rings is 1. The largest absolute Gasteiger partial charge is 0.370 e. The molecule has 0 spiro atoms. The van der Waals surface area contributed by atoms with Gasteiger partial charge >= 0.3 is 0 Å². The molecule has 0 saturated heterocycles. The van der Waals surface area contributed by atoms with E-state index in [1.807, 2.05) is 44.2 Å². The average Bonchev–Trinajstić information content (AvgIpc) is 3.50. The number of nitrogens with zero attached hydrogens (tertiary/aromatic N) is 2. The van der Waals surface area contributed by atoms with Crippen LogP contribution < -0.4 is 20.7 Å². The molecular formula is C25H37N5O3S. The third kappa shape index (κ3) is 7.17. The van der Waals surface area contributed by atoms with Crippen LogP contribution in [0.1, 0.15) is 49.5 Å². The predicted octanol–water partition coefficient (Wildman–Crippen LogP) is 3.01. The number of nitrogens with two attached hydrogens (primary N) is 1.